The number of rotatable bonds is 6. The van der Waals surface area contributed by atoms with Gasteiger partial charge in [0.05, 0.1) is 25.4 Å². The Hall–Kier alpha value is -0.600. The Kier molecular flexibility index (Phi) is 6.87. The van der Waals surface area contributed by atoms with E-state index in [1.165, 1.54) is 0 Å². The first-order valence-corrected chi connectivity index (χ1v) is 6.22. The van der Waals surface area contributed by atoms with Crippen LogP contribution in [0.25, 0.3) is 0 Å². The van der Waals surface area contributed by atoms with Gasteiger partial charge in [-0.15, -0.1) is 0 Å². The summed E-state index contributed by atoms with van der Waals surface area (Å²) in [5, 5.41) is 18.3. The molecule has 0 aromatic rings. The zero-order valence-electron chi connectivity index (χ0n) is 12.3. The highest BCUT2D eigenvalue weighted by atomic mass is 16.5. The minimum absolute atomic E-state index is 0.247. The summed E-state index contributed by atoms with van der Waals surface area (Å²) in [5.41, 5.74) is -1.27. The fraction of sp³-hybridized carbons (Fsp3) is 0.857. The van der Waals surface area contributed by atoms with Gasteiger partial charge in [0, 0.05) is 0 Å². The van der Waals surface area contributed by atoms with Crippen molar-refractivity contribution in [3.8, 4) is 11.8 Å². The molecule has 2 N–H and O–H groups in total. The molecule has 18 heavy (non-hydrogen) atoms. The van der Waals surface area contributed by atoms with E-state index in [4.69, 9.17) is 19.7 Å². The van der Waals surface area contributed by atoms with Gasteiger partial charge >= 0.3 is 0 Å². The highest BCUT2D eigenvalue weighted by Gasteiger charge is 2.20. The minimum atomic E-state index is -0.636. The molecule has 0 aromatic heterocycles. The third kappa shape index (κ3) is 9.43. The molecule has 0 amide bonds. The second kappa shape index (κ2) is 7.10. The van der Waals surface area contributed by atoms with Gasteiger partial charge in [0.25, 0.3) is 0 Å². The Balaban J connectivity index is 4.42. The molecule has 0 saturated carbocycles. The first kappa shape index (κ1) is 17.4. The van der Waals surface area contributed by atoms with Crippen molar-refractivity contribution < 1.29 is 19.7 Å². The molecule has 0 aromatic carbocycles. The topological polar surface area (TPSA) is 58.9 Å². The van der Waals surface area contributed by atoms with Crippen molar-refractivity contribution >= 4 is 0 Å². The van der Waals surface area contributed by atoms with Crippen molar-refractivity contribution in [1.29, 1.82) is 0 Å². The third-order valence-corrected chi connectivity index (χ3v) is 2.04. The maximum atomic E-state index is 9.16. The van der Waals surface area contributed by atoms with Gasteiger partial charge in [-0.25, -0.2) is 0 Å². The van der Waals surface area contributed by atoms with Crippen LogP contribution in [-0.4, -0.2) is 46.8 Å². The van der Waals surface area contributed by atoms with Crippen LogP contribution in [0.4, 0.5) is 0 Å². The van der Waals surface area contributed by atoms with E-state index in [-0.39, 0.29) is 13.2 Å². The first-order chi connectivity index (χ1) is 8.04. The molecule has 106 valence electrons. The molecule has 0 rings (SSSR count). The summed E-state index contributed by atoms with van der Waals surface area (Å²) >= 11 is 0. The van der Waals surface area contributed by atoms with E-state index in [9.17, 15) is 0 Å². The zero-order chi connectivity index (χ0) is 14.4. The van der Waals surface area contributed by atoms with Crippen molar-refractivity contribution in [2.24, 2.45) is 0 Å². The molecule has 0 aliphatic heterocycles. The lowest BCUT2D eigenvalue weighted by Gasteiger charge is -2.23. The van der Waals surface area contributed by atoms with Crippen LogP contribution in [0.1, 0.15) is 41.5 Å². The molecular formula is C14H26O4. The van der Waals surface area contributed by atoms with E-state index in [1.807, 2.05) is 27.7 Å². The summed E-state index contributed by atoms with van der Waals surface area (Å²) < 4.78 is 11.0. The summed E-state index contributed by atoms with van der Waals surface area (Å²) in [5.74, 6) is 5.98. The van der Waals surface area contributed by atoms with Crippen LogP contribution in [0.2, 0.25) is 0 Å². The van der Waals surface area contributed by atoms with Crippen LogP contribution in [0.15, 0.2) is 0 Å². The van der Waals surface area contributed by atoms with Gasteiger partial charge < -0.3 is 19.7 Å². The van der Waals surface area contributed by atoms with Crippen molar-refractivity contribution in [2.75, 3.05) is 13.2 Å². The summed E-state index contributed by atoms with van der Waals surface area (Å²) in [4.78, 5) is 0. The Morgan fingerprint density at radius 2 is 1.11 bits per heavy atom. The van der Waals surface area contributed by atoms with Crippen molar-refractivity contribution in [3.63, 3.8) is 0 Å². The quantitative estimate of drug-likeness (QED) is 0.706. The molecule has 0 aliphatic carbocycles. The van der Waals surface area contributed by atoms with E-state index < -0.39 is 23.4 Å². The van der Waals surface area contributed by atoms with E-state index in [1.54, 1.807) is 13.8 Å². The number of ether oxygens (including phenoxy) is 2. The molecule has 0 radical (unpaired) electrons. The van der Waals surface area contributed by atoms with Crippen LogP contribution in [0.3, 0.4) is 0 Å². The average molecular weight is 258 g/mol. The first-order valence-electron chi connectivity index (χ1n) is 6.22. The average Bonchev–Trinajstić information content (AvgIpc) is 2.22. The number of aliphatic hydroxyl groups excluding tert-OH is 2. The van der Waals surface area contributed by atoms with Gasteiger partial charge in [0.2, 0.25) is 0 Å². The SMILES string of the molecule is CC(O)COC(C)(C)C#CC(C)(C)OCC(C)O. The van der Waals surface area contributed by atoms with Gasteiger partial charge in [-0.3, -0.25) is 0 Å². The second-order valence-corrected chi connectivity index (χ2v) is 5.59. The number of aliphatic hydroxyl groups is 2. The number of hydrogen-bond acceptors (Lipinski definition) is 4. The smallest absolute Gasteiger partial charge is 0.123 e. The Morgan fingerprint density at radius 1 is 0.833 bits per heavy atom. The predicted molar refractivity (Wildman–Crippen MR) is 71.2 cm³/mol. The standard InChI is InChI=1S/C14H26O4/c1-11(15)9-17-13(3,4)7-8-14(5,6)18-10-12(2)16/h11-12,15-16H,9-10H2,1-6H3. The lowest BCUT2D eigenvalue weighted by atomic mass is 10.1. The maximum absolute atomic E-state index is 9.16. The molecule has 0 spiro atoms. The summed E-state index contributed by atoms with van der Waals surface area (Å²) in [6.07, 6.45) is -1.02. The highest BCUT2D eigenvalue weighted by Crippen LogP contribution is 2.12. The summed E-state index contributed by atoms with van der Waals surface area (Å²) in [6, 6.07) is 0. The molecule has 0 aliphatic rings. The molecule has 2 unspecified atom stereocenters. The van der Waals surface area contributed by atoms with Gasteiger partial charge in [-0.05, 0) is 41.5 Å². The zero-order valence-corrected chi connectivity index (χ0v) is 12.3. The molecule has 0 bridgehead atoms. The van der Waals surface area contributed by atoms with Crippen LogP contribution in [0, 0.1) is 11.8 Å². The summed E-state index contributed by atoms with van der Waals surface area (Å²) in [6.45, 7) is 11.2. The minimum Gasteiger partial charge on any atom is -0.391 e. The largest absolute Gasteiger partial charge is 0.391 e. The van der Waals surface area contributed by atoms with E-state index in [0.717, 1.165) is 0 Å². The van der Waals surface area contributed by atoms with E-state index >= 15 is 0 Å². The molecule has 0 fully saturated rings. The Bertz CT molecular complexity index is 267. The fourth-order valence-corrected chi connectivity index (χ4v) is 1.03. The molecule has 4 heteroatoms. The third-order valence-electron chi connectivity index (χ3n) is 2.04. The lowest BCUT2D eigenvalue weighted by molar-refractivity contribution is -0.0278. The Morgan fingerprint density at radius 3 is 1.33 bits per heavy atom. The van der Waals surface area contributed by atoms with Crippen molar-refractivity contribution in [2.45, 2.75) is 65.0 Å². The van der Waals surface area contributed by atoms with Crippen LogP contribution in [-0.2, 0) is 9.47 Å². The molecule has 0 saturated heterocycles. The fourth-order valence-electron chi connectivity index (χ4n) is 1.03. The van der Waals surface area contributed by atoms with Crippen LogP contribution in [0.5, 0.6) is 0 Å². The van der Waals surface area contributed by atoms with Gasteiger partial charge in [-0.1, -0.05) is 11.8 Å². The number of hydrogen-bond donors (Lipinski definition) is 2. The lowest BCUT2D eigenvalue weighted by Crippen LogP contribution is -2.30. The van der Waals surface area contributed by atoms with Gasteiger partial charge in [-0.2, -0.15) is 0 Å². The molecule has 4 nitrogen and oxygen atoms in total. The van der Waals surface area contributed by atoms with Crippen molar-refractivity contribution in [3.05, 3.63) is 0 Å². The maximum Gasteiger partial charge on any atom is 0.123 e. The highest BCUT2D eigenvalue weighted by molar-refractivity contribution is 5.18. The van der Waals surface area contributed by atoms with Crippen molar-refractivity contribution in [1.82, 2.24) is 0 Å². The molecule has 2 atom stereocenters. The molecular weight excluding hydrogens is 232 g/mol. The Labute approximate surface area is 110 Å². The van der Waals surface area contributed by atoms with E-state index in [2.05, 4.69) is 11.8 Å². The van der Waals surface area contributed by atoms with Crippen LogP contribution < -0.4 is 0 Å². The molecule has 0 heterocycles. The summed E-state index contributed by atoms with van der Waals surface area (Å²) in [7, 11) is 0. The normalized spacial score (nSPS) is 15.8. The predicted octanol–water partition coefficient (Wildman–Crippen LogP) is 1.34. The monoisotopic (exact) mass is 258 g/mol. The van der Waals surface area contributed by atoms with Gasteiger partial charge in [0.1, 0.15) is 11.2 Å². The van der Waals surface area contributed by atoms with Gasteiger partial charge in [0.15, 0.2) is 0 Å². The second-order valence-electron chi connectivity index (χ2n) is 5.59. The van der Waals surface area contributed by atoms with E-state index in [0.29, 0.717) is 0 Å². The van der Waals surface area contributed by atoms with Crippen LogP contribution >= 0.6 is 0 Å².